The number of amides is 3. The van der Waals surface area contributed by atoms with E-state index in [1.807, 2.05) is 6.07 Å². The third kappa shape index (κ3) is 3.06. The van der Waals surface area contributed by atoms with Crippen LogP contribution in [0.25, 0.3) is 0 Å². The maximum atomic E-state index is 11.6. The number of benzene rings is 1. The highest BCUT2D eigenvalue weighted by molar-refractivity contribution is 6.01. The Kier molecular flexibility index (Phi) is 4.20. The number of imide groups is 1. The predicted octanol–water partition coefficient (Wildman–Crippen LogP) is 1.22. The molecule has 0 N–H and O–H groups in total. The molecule has 1 aliphatic rings. The van der Waals surface area contributed by atoms with Crippen LogP contribution in [0.3, 0.4) is 0 Å². The third-order valence-electron chi connectivity index (χ3n) is 2.99. The monoisotopic (exact) mass is 273 g/mol. The lowest BCUT2D eigenvalue weighted by molar-refractivity contribution is -0.125. The summed E-state index contributed by atoms with van der Waals surface area (Å²) in [6, 6.07) is 8.64. The van der Waals surface area contributed by atoms with Gasteiger partial charge in [0.25, 0.3) is 0 Å². The molecule has 1 saturated heterocycles. The Hall–Kier alpha value is -2.55. The first-order valence-electron chi connectivity index (χ1n) is 6.30. The lowest BCUT2D eigenvalue weighted by Crippen LogP contribution is -2.33. The minimum atomic E-state index is -0.263. The molecule has 0 unspecified atom stereocenters. The number of carbonyl (C=O) groups excluding carboxylic acids is 2. The van der Waals surface area contributed by atoms with Gasteiger partial charge >= 0.3 is 6.03 Å². The summed E-state index contributed by atoms with van der Waals surface area (Å²) in [6.45, 7) is 0.875. The summed E-state index contributed by atoms with van der Waals surface area (Å²) < 4.78 is 5.49. The molecule has 1 aliphatic heterocycles. The van der Waals surface area contributed by atoms with Gasteiger partial charge in [0, 0.05) is 13.6 Å². The number of urea groups is 1. The summed E-state index contributed by atoms with van der Waals surface area (Å²) in [4.78, 5) is 25.8. The van der Waals surface area contributed by atoms with Crippen LogP contribution in [-0.4, -0.2) is 48.5 Å². The third-order valence-corrected chi connectivity index (χ3v) is 2.99. The maximum Gasteiger partial charge on any atom is 0.326 e. The van der Waals surface area contributed by atoms with E-state index >= 15 is 0 Å². The zero-order valence-electron chi connectivity index (χ0n) is 11.2. The summed E-state index contributed by atoms with van der Waals surface area (Å²) in [6.07, 6.45) is 0.558. The Bertz CT molecular complexity index is 565. The average Bonchev–Trinajstić information content (AvgIpc) is 2.69. The van der Waals surface area contributed by atoms with Crippen LogP contribution in [0.4, 0.5) is 4.79 Å². The minimum Gasteiger partial charge on any atom is -0.493 e. The molecule has 3 amide bonds. The van der Waals surface area contributed by atoms with Crippen LogP contribution in [-0.2, 0) is 4.79 Å². The molecular weight excluding hydrogens is 258 g/mol. The van der Waals surface area contributed by atoms with E-state index in [0.29, 0.717) is 30.9 Å². The van der Waals surface area contributed by atoms with Crippen LogP contribution in [0.2, 0.25) is 0 Å². The number of nitrogens with zero attached hydrogens (tertiary/aromatic N) is 3. The molecule has 0 radical (unpaired) electrons. The largest absolute Gasteiger partial charge is 0.493 e. The van der Waals surface area contributed by atoms with Crippen LogP contribution >= 0.6 is 0 Å². The molecular formula is C14H15N3O3. The first kappa shape index (κ1) is 13.9. The SMILES string of the molecule is CN1CC(=O)N(CCCOc2cccc(C#N)c2)C1=O. The van der Waals surface area contributed by atoms with E-state index in [1.165, 1.54) is 9.80 Å². The molecule has 0 aliphatic carbocycles. The molecule has 1 aromatic carbocycles. The Balaban J connectivity index is 1.78. The van der Waals surface area contributed by atoms with Gasteiger partial charge in [-0.2, -0.15) is 5.26 Å². The van der Waals surface area contributed by atoms with Crippen LogP contribution < -0.4 is 4.74 Å². The number of nitriles is 1. The molecule has 0 atom stereocenters. The fourth-order valence-corrected chi connectivity index (χ4v) is 1.96. The van der Waals surface area contributed by atoms with E-state index in [9.17, 15) is 9.59 Å². The molecule has 6 nitrogen and oxygen atoms in total. The highest BCUT2D eigenvalue weighted by Crippen LogP contribution is 2.13. The van der Waals surface area contributed by atoms with Gasteiger partial charge in [-0.15, -0.1) is 0 Å². The lowest BCUT2D eigenvalue weighted by Gasteiger charge is -2.14. The fourth-order valence-electron chi connectivity index (χ4n) is 1.96. The molecule has 1 fully saturated rings. The molecule has 6 heteroatoms. The van der Waals surface area contributed by atoms with Crippen molar-refractivity contribution in [2.24, 2.45) is 0 Å². The maximum absolute atomic E-state index is 11.6. The molecule has 0 saturated carbocycles. The van der Waals surface area contributed by atoms with Crippen molar-refractivity contribution in [1.82, 2.24) is 9.80 Å². The van der Waals surface area contributed by atoms with E-state index in [-0.39, 0.29) is 18.5 Å². The Labute approximate surface area is 117 Å². The number of rotatable bonds is 5. The number of ether oxygens (including phenoxy) is 1. The van der Waals surface area contributed by atoms with E-state index in [4.69, 9.17) is 10.00 Å². The summed E-state index contributed by atoms with van der Waals surface area (Å²) in [5, 5.41) is 8.77. The smallest absolute Gasteiger partial charge is 0.326 e. The molecule has 0 aromatic heterocycles. The summed E-state index contributed by atoms with van der Waals surface area (Å²) >= 11 is 0. The quantitative estimate of drug-likeness (QED) is 0.597. The number of carbonyl (C=O) groups is 2. The second kappa shape index (κ2) is 6.06. The normalized spacial score (nSPS) is 14.6. The van der Waals surface area contributed by atoms with Crippen molar-refractivity contribution in [3.05, 3.63) is 29.8 Å². The van der Waals surface area contributed by atoms with Crippen molar-refractivity contribution in [3.63, 3.8) is 0 Å². The predicted molar refractivity (Wildman–Crippen MR) is 71.0 cm³/mol. The van der Waals surface area contributed by atoms with Gasteiger partial charge in [0.05, 0.1) is 18.2 Å². The van der Waals surface area contributed by atoms with Crippen molar-refractivity contribution in [1.29, 1.82) is 5.26 Å². The molecule has 1 heterocycles. The molecule has 104 valence electrons. The lowest BCUT2D eigenvalue weighted by atomic mass is 10.2. The molecule has 20 heavy (non-hydrogen) atoms. The average molecular weight is 273 g/mol. The van der Waals surface area contributed by atoms with Gasteiger partial charge < -0.3 is 9.64 Å². The first-order valence-corrected chi connectivity index (χ1v) is 6.30. The Morgan fingerprint density at radius 3 is 2.85 bits per heavy atom. The fraction of sp³-hybridized carbons (Fsp3) is 0.357. The van der Waals surface area contributed by atoms with Crippen LogP contribution in [0.5, 0.6) is 5.75 Å². The van der Waals surface area contributed by atoms with Gasteiger partial charge in [-0.1, -0.05) is 6.07 Å². The van der Waals surface area contributed by atoms with Crippen molar-refractivity contribution in [2.75, 3.05) is 26.7 Å². The summed E-state index contributed by atoms with van der Waals surface area (Å²) in [7, 11) is 1.60. The van der Waals surface area contributed by atoms with Crippen molar-refractivity contribution >= 4 is 11.9 Å². The highest BCUT2D eigenvalue weighted by atomic mass is 16.5. The van der Waals surface area contributed by atoms with Gasteiger partial charge in [0.1, 0.15) is 12.3 Å². The van der Waals surface area contributed by atoms with Crippen LogP contribution in [0.15, 0.2) is 24.3 Å². The minimum absolute atomic E-state index is 0.143. The molecule has 0 spiro atoms. The molecule has 0 bridgehead atoms. The van der Waals surface area contributed by atoms with Crippen molar-refractivity contribution in [3.8, 4) is 11.8 Å². The molecule has 1 aromatic rings. The number of hydrogen-bond acceptors (Lipinski definition) is 4. The number of hydrogen-bond donors (Lipinski definition) is 0. The zero-order chi connectivity index (χ0) is 14.5. The Morgan fingerprint density at radius 2 is 2.20 bits per heavy atom. The highest BCUT2D eigenvalue weighted by Gasteiger charge is 2.32. The van der Waals surface area contributed by atoms with Gasteiger partial charge in [0.15, 0.2) is 0 Å². The van der Waals surface area contributed by atoms with Crippen LogP contribution in [0, 0.1) is 11.3 Å². The van der Waals surface area contributed by atoms with Crippen LogP contribution in [0.1, 0.15) is 12.0 Å². The van der Waals surface area contributed by atoms with E-state index in [0.717, 1.165) is 0 Å². The zero-order valence-corrected chi connectivity index (χ0v) is 11.2. The van der Waals surface area contributed by atoms with Gasteiger partial charge in [-0.3, -0.25) is 9.69 Å². The van der Waals surface area contributed by atoms with E-state index in [1.54, 1.807) is 31.3 Å². The van der Waals surface area contributed by atoms with Gasteiger partial charge in [-0.05, 0) is 24.6 Å². The van der Waals surface area contributed by atoms with Crippen molar-refractivity contribution in [2.45, 2.75) is 6.42 Å². The first-order chi connectivity index (χ1) is 9.61. The molecule has 2 rings (SSSR count). The number of likely N-dealkylation sites (N-methyl/N-ethyl adjacent to an activating group) is 1. The Morgan fingerprint density at radius 1 is 1.40 bits per heavy atom. The summed E-state index contributed by atoms with van der Waals surface area (Å²) in [5.41, 5.74) is 0.536. The second-order valence-corrected chi connectivity index (χ2v) is 4.53. The van der Waals surface area contributed by atoms with E-state index < -0.39 is 0 Å². The van der Waals surface area contributed by atoms with Gasteiger partial charge in [-0.25, -0.2) is 4.79 Å². The van der Waals surface area contributed by atoms with E-state index in [2.05, 4.69) is 0 Å². The van der Waals surface area contributed by atoms with Crippen molar-refractivity contribution < 1.29 is 14.3 Å². The van der Waals surface area contributed by atoms with Gasteiger partial charge in [0.2, 0.25) is 5.91 Å². The topological polar surface area (TPSA) is 73.6 Å². The second-order valence-electron chi connectivity index (χ2n) is 4.53. The summed E-state index contributed by atoms with van der Waals surface area (Å²) in [5.74, 6) is 0.434. The standard InChI is InChI=1S/C14H15N3O3/c1-16-10-13(18)17(14(16)19)6-3-7-20-12-5-2-4-11(8-12)9-15/h2,4-5,8H,3,6-7,10H2,1H3.